The number of nitrogens with zero attached hydrogens (tertiary/aromatic N) is 1. The number of hydrogen-bond acceptors (Lipinski definition) is 4. The van der Waals surface area contributed by atoms with Crippen molar-refractivity contribution in [2.24, 2.45) is 0 Å². The van der Waals surface area contributed by atoms with Gasteiger partial charge in [-0.2, -0.15) is 0 Å². The van der Waals surface area contributed by atoms with Crippen LogP contribution in [0, 0.1) is 6.92 Å². The van der Waals surface area contributed by atoms with Gasteiger partial charge >= 0.3 is 6.36 Å². The molecule has 0 atom stereocenters. The van der Waals surface area contributed by atoms with Crippen LogP contribution in [-0.2, 0) is 10.0 Å². The SMILES string of the molecule is Cc1c(C(=O)Nc2ccc(N3CCCS3(=O)=O)cc2)cccc1-c1ccc(OC(F)(F)F)cc1. The number of benzene rings is 3. The third-order valence-corrected chi connectivity index (χ3v) is 7.36. The Morgan fingerprint density at radius 1 is 1.00 bits per heavy atom. The molecule has 178 valence electrons. The van der Waals surface area contributed by atoms with Crippen LogP contribution in [0.1, 0.15) is 22.3 Å². The molecule has 0 radical (unpaired) electrons. The van der Waals surface area contributed by atoms with Gasteiger partial charge in [0.1, 0.15) is 5.75 Å². The van der Waals surface area contributed by atoms with E-state index < -0.39 is 16.4 Å². The summed E-state index contributed by atoms with van der Waals surface area (Å²) in [6.07, 6.45) is -4.19. The zero-order valence-electron chi connectivity index (χ0n) is 18.1. The summed E-state index contributed by atoms with van der Waals surface area (Å²) in [5, 5.41) is 2.80. The molecule has 0 unspecified atom stereocenters. The number of rotatable bonds is 5. The lowest BCUT2D eigenvalue weighted by Crippen LogP contribution is -2.25. The molecule has 1 N–H and O–H groups in total. The Labute approximate surface area is 195 Å². The molecular formula is C24H21F3N2O4S. The third-order valence-electron chi connectivity index (χ3n) is 5.49. The van der Waals surface area contributed by atoms with Gasteiger partial charge in [-0.15, -0.1) is 13.2 Å². The summed E-state index contributed by atoms with van der Waals surface area (Å²) in [5.41, 5.74) is 3.44. The van der Waals surface area contributed by atoms with Crippen LogP contribution < -0.4 is 14.4 Å². The fraction of sp³-hybridized carbons (Fsp3) is 0.208. The van der Waals surface area contributed by atoms with Crippen molar-refractivity contribution >= 4 is 27.3 Å². The van der Waals surface area contributed by atoms with Crippen LogP contribution in [0.3, 0.4) is 0 Å². The highest BCUT2D eigenvalue weighted by molar-refractivity contribution is 7.93. The molecule has 10 heteroatoms. The molecule has 1 saturated heterocycles. The molecule has 4 rings (SSSR count). The van der Waals surface area contributed by atoms with E-state index >= 15 is 0 Å². The van der Waals surface area contributed by atoms with Crippen LogP contribution >= 0.6 is 0 Å². The fourth-order valence-electron chi connectivity index (χ4n) is 3.87. The number of carbonyl (C=O) groups excluding carboxylic acids is 1. The lowest BCUT2D eigenvalue weighted by Gasteiger charge is -2.17. The van der Waals surface area contributed by atoms with Gasteiger partial charge in [-0.05, 0) is 72.5 Å². The quantitative estimate of drug-likeness (QED) is 0.523. The summed E-state index contributed by atoms with van der Waals surface area (Å²) in [4.78, 5) is 12.9. The number of alkyl halides is 3. The molecular weight excluding hydrogens is 469 g/mol. The maximum absolute atomic E-state index is 12.9. The number of halogens is 3. The second-order valence-corrected chi connectivity index (χ2v) is 9.81. The fourth-order valence-corrected chi connectivity index (χ4v) is 5.43. The van der Waals surface area contributed by atoms with Gasteiger partial charge < -0.3 is 10.1 Å². The van der Waals surface area contributed by atoms with Crippen LogP contribution in [0.5, 0.6) is 5.75 Å². The zero-order chi connectivity index (χ0) is 24.5. The van der Waals surface area contributed by atoms with Crippen LogP contribution in [0.2, 0.25) is 0 Å². The van der Waals surface area contributed by atoms with Gasteiger partial charge in [0.2, 0.25) is 10.0 Å². The Bertz CT molecular complexity index is 1310. The van der Waals surface area contributed by atoms with E-state index in [1.54, 1.807) is 49.4 Å². The topological polar surface area (TPSA) is 75.7 Å². The maximum Gasteiger partial charge on any atom is 0.573 e. The average molecular weight is 491 g/mol. The molecule has 34 heavy (non-hydrogen) atoms. The molecule has 1 fully saturated rings. The van der Waals surface area contributed by atoms with Gasteiger partial charge in [0.05, 0.1) is 11.4 Å². The van der Waals surface area contributed by atoms with Crippen molar-refractivity contribution in [3.63, 3.8) is 0 Å². The second kappa shape index (κ2) is 9.02. The smallest absolute Gasteiger partial charge is 0.406 e. The summed E-state index contributed by atoms with van der Waals surface area (Å²) < 4.78 is 66.6. The third kappa shape index (κ3) is 5.17. The molecule has 3 aromatic carbocycles. The first-order valence-corrected chi connectivity index (χ1v) is 12.0. The molecule has 0 saturated carbocycles. The predicted octanol–water partition coefficient (Wildman–Crippen LogP) is 5.35. The predicted molar refractivity (Wildman–Crippen MR) is 123 cm³/mol. The maximum atomic E-state index is 12.9. The van der Waals surface area contributed by atoms with Gasteiger partial charge in [0, 0.05) is 17.8 Å². The van der Waals surface area contributed by atoms with Crippen molar-refractivity contribution in [3.05, 3.63) is 77.9 Å². The van der Waals surface area contributed by atoms with E-state index in [4.69, 9.17) is 0 Å². The molecule has 1 amide bonds. The van der Waals surface area contributed by atoms with E-state index in [0.29, 0.717) is 46.6 Å². The van der Waals surface area contributed by atoms with Crippen molar-refractivity contribution < 1.29 is 31.1 Å². The normalized spacial score (nSPS) is 15.2. The average Bonchev–Trinajstić information content (AvgIpc) is 3.13. The van der Waals surface area contributed by atoms with Crippen molar-refractivity contribution in [1.29, 1.82) is 0 Å². The van der Waals surface area contributed by atoms with E-state index in [0.717, 1.165) is 0 Å². The van der Waals surface area contributed by atoms with Crippen molar-refractivity contribution in [1.82, 2.24) is 0 Å². The second-order valence-electron chi connectivity index (χ2n) is 7.79. The molecule has 0 spiro atoms. The van der Waals surface area contributed by atoms with E-state index in [2.05, 4.69) is 10.1 Å². The van der Waals surface area contributed by atoms with Crippen LogP contribution in [0.4, 0.5) is 24.5 Å². The Morgan fingerprint density at radius 2 is 1.68 bits per heavy atom. The first kappa shape index (κ1) is 23.6. The lowest BCUT2D eigenvalue weighted by atomic mass is 9.96. The van der Waals surface area contributed by atoms with Crippen molar-refractivity contribution in [2.45, 2.75) is 19.7 Å². The molecule has 0 aromatic heterocycles. The first-order chi connectivity index (χ1) is 16.0. The van der Waals surface area contributed by atoms with Crippen LogP contribution in [-0.4, -0.2) is 33.0 Å². The Balaban J connectivity index is 1.51. The van der Waals surface area contributed by atoms with E-state index in [9.17, 15) is 26.4 Å². The van der Waals surface area contributed by atoms with E-state index in [1.807, 2.05) is 0 Å². The zero-order valence-corrected chi connectivity index (χ0v) is 18.9. The molecule has 0 bridgehead atoms. The van der Waals surface area contributed by atoms with Crippen LogP contribution in [0.25, 0.3) is 11.1 Å². The Morgan fingerprint density at radius 3 is 2.26 bits per heavy atom. The molecule has 3 aromatic rings. The highest BCUT2D eigenvalue weighted by atomic mass is 32.2. The van der Waals surface area contributed by atoms with Crippen molar-refractivity contribution in [3.8, 4) is 16.9 Å². The minimum Gasteiger partial charge on any atom is -0.406 e. The number of anilines is 2. The van der Waals surface area contributed by atoms with Gasteiger partial charge in [-0.25, -0.2) is 8.42 Å². The number of carbonyl (C=O) groups is 1. The lowest BCUT2D eigenvalue weighted by molar-refractivity contribution is -0.274. The minimum absolute atomic E-state index is 0.124. The number of hydrogen-bond donors (Lipinski definition) is 1. The number of sulfonamides is 1. The molecule has 1 heterocycles. The van der Waals surface area contributed by atoms with Gasteiger partial charge in [0.25, 0.3) is 5.91 Å². The van der Waals surface area contributed by atoms with E-state index in [-0.39, 0.29) is 17.4 Å². The molecule has 1 aliphatic heterocycles. The summed E-state index contributed by atoms with van der Waals surface area (Å²) >= 11 is 0. The molecule has 6 nitrogen and oxygen atoms in total. The number of amides is 1. The summed E-state index contributed by atoms with van der Waals surface area (Å²) in [7, 11) is -3.29. The minimum atomic E-state index is -4.77. The summed E-state index contributed by atoms with van der Waals surface area (Å²) in [6.45, 7) is 2.19. The largest absolute Gasteiger partial charge is 0.573 e. The van der Waals surface area contributed by atoms with Crippen LogP contribution in [0.15, 0.2) is 66.7 Å². The van der Waals surface area contributed by atoms with Gasteiger partial charge in [-0.3, -0.25) is 9.10 Å². The monoisotopic (exact) mass is 490 g/mol. The summed E-state index contributed by atoms with van der Waals surface area (Å²) in [6, 6.07) is 17.1. The number of nitrogens with one attached hydrogen (secondary N) is 1. The Kier molecular flexibility index (Phi) is 6.26. The highest BCUT2D eigenvalue weighted by Gasteiger charge is 2.31. The van der Waals surface area contributed by atoms with Gasteiger partial charge in [-0.1, -0.05) is 24.3 Å². The standard InChI is InChI=1S/C24H21F3N2O4S/c1-16-21(17-6-12-20(13-7-17)33-24(25,26)27)4-2-5-22(16)23(30)28-18-8-10-19(11-9-18)29-14-3-15-34(29,31)32/h2,4-13H,3,14-15H2,1H3,(H,28,30). The molecule has 0 aliphatic carbocycles. The molecule has 1 aliphatic rings. The highest BCUT2D eigenvalue weighted by Crippen LogP contribution is 2.30. The summed E-state index contributed by atoms with van der Waals surface area (Å²) in [5.74, 6) is -0.565. The van der Waals surface area contributed by atoms with Crippen molar-refractivity contribution in [2.75, 3.05) is 21.9 Å². The Hall–Kier alpha value is -3.53. The number of ether oxygens (including phenoxy) is 1. The first-order valence-electron chi connectivity index (χ1n) is 10.4. The van der Waals surface area contributed by atoms with E-state index in [1.165, 1.54) is 28.6 Å². The van der Waals surface area contributed by atoms with Gasteiger partial charge in [0.15, 0.2) is 0 Å².